The minimum atomic E-state index is -0.0479. The summed E-state index contributed by atoms with van der Waals surface area (Å²) < 4.78 is 5.18. The second kappa shape index (κ2) is 7.13. The van der Waals surface area contributed by atoms with E-state index in [0.717, 1.165) is 40.9 Å². The monoisotopic (exact) mass is 386 g/mol. The average molecular weight is 387 g/mol. The van der Waals surface area contributed by atoms with Gasteiger partial charge in [-0.1, -0.05) is 17.8 Å². The minimum absolute atomic E-state index is 0.0479. The molecule has 3 N–H and O–H groups in total. The molecule has 0 amide bonds. The molecule has 0 spiro atoms. The van der Waals surface area contributed by atoms with E-state index in [1.54, 1.807) is 18.4 Å². The Labute approximate surface area is 158 Å². The third-order valence-electron chi connectivity index (χ3n) is 4.27. The van der Waals surface area contributed by atoms with E-state index in [0.29, 0.717) is 16.7 Å². The van der Waals surface area contributed by atoms with Crippen molar-refractivity contribution >= 4 is 44.2 Å². The van der Waals surface area contributed by atoms with E-state index < -0.39 is 0 Å². The standard InChI is InChI=1S/C18H18N4O2S2/c1-24-11-5-2-4-10(8-11)20-18(19)25-9-14-21-16(23)15-12-6-3-7-13(12)26-17(15)22-14/h2,4-5,8H,3,6-7,9H2,1H3,(H2,19,20)(H,21,22,23). The molecule has 0 radical (unpaired) electrons. The van der Waals surface area contributed by atoms with E-state index in [-0.39, 0.29) is 5.56 Å². The molecule has 2 heterocycles. The van der Waals surface area contributed by atoms with Crippen LogP contribution in [0, 0.1) is 0 Å². The number of thioether (sulfide) groups is 1. The van der Waals surface area contributed by atoms with Crippen molar-refractivity contribution in [2.45, 2.75) is 25.0 Å². The van der Waals surface area contributed by atoms with Crippen molar-refractivity contribution in [2.75, 3.05) is 7.11 Å². The van der Waals surface area contributed by atoms with Crippen LogP contribution in [0.2, 0.25) is 0 Å². The number of hydrogen-bond donors (Lipinski definition) is 2. The number of nitrogens with zero attached hydrogens (tertiary/aromatic N) is 2. The van der Waals surface area contributed by atoms with Crippen molar-refractivity contribution < 1.29 is 4.74 Å². The normalized spacial score (nSPS) is 14.0. The molecule has 8 heteroatoms. The Morgan fingerprint density at radius 3 is 3.19 bits per heavy atom. The van der Waals surface area contributed by atoms with Gasteiger partial charge in [0.05, 0.1) is 23.9 Å². The second-order valence-electron chi connectivity index (χ2n) is 5.99. The highest BCUT2D eigenvalue weighted by molar-refractivity contribution is 8.13. The first-order valence-electron chi connectivity index (χ1n) is 8.28. The third kappa shape index (κ3) is 3.34. The van der Waals surface area contributed by atoms with Gasteiger partial charge in [0.15, 0.2) is 5.17 Å². The Morgan fingerprint density at radius 2 is 2.35 bits per heavy atom. The van der Waals surface area contributed by atoms with Gasteiger partial charge >= 0.3 is 0 Å². The molecule has 3 aromatic rings. The summed E-state index contributed by atoms with van der Waals surface area (Å²) >= 11 is 2.98. The van der Waals surface area contributed by atoms with E-state index >= 15 is 0 Å². The number of rotatable bonds is 4. The molecule has 1 aromatic carbocycles. The first-order chi connectivity index (χ1) is 12.6. The topological polar surface area (TPSA) is 93.4 Å². The van der Waals surface area contributed by atoms with Crippen molar-refractivity contribution in [3.8, 4) is 5.75 Å². The number of aliphatic imine (C=N–C) groups is 1. The van der Waals surface area contributed by atoms with Crippen LogP contribution in [-0.2, 0) is 18.6 Å². The number of aromatic amines is 1. The molecule has 134 valence electrons. The number of aryl methyl sites for hydroxylation is 2. The zero-order chi connectivity index (χ0) is 18.1. The zero-order valence-electron chi connectivity index (χ0n) is 14.2. The smallest absolute Gasteiger partial charge is 0.259 e. The number of fused-ring (bicyclic) bond motifs is 3. The number of nitrogens with two attached hydrogens (primary N) is 1. The van der Waals surface area contributed by atoms with Gasteiger partial charge in [-0.15, -0.1) is 11.3 Å². The van der Waals surface area contributed by atoms with Crippen molar-refractivity contribution in [2.24, 2.45) is 10.7 Å². The van der Waals surface area contributed by atoms with Crippen LogP contribution in [-0.4, -0.2) is 22.2 Å². The van der Waals surface area contributed by atoms with Crippen molar-refractivity contribution in [3.63, 3.8) is 0 Å². The molecular formula is C18H18N4O2S2. The van der Waals surface area contributed by atoms with Crippen LogP contribution in [0.5, 0.6) is 5.75 Å². The predicted octanol–water partition coefficient (Wildman–Crippen LogP) is 3.36. The van der Waals surface area contributed by atoms with Gasteiger partial charge in [0.1, 0.15) is 16.4 Å². The van der Waals surface area contributed by atoms with Crippen molar-refractivity contribution in [3.05, 3.63) is 50.9 Å². The molecule has 0 aliphatic heterocycles. The molecule has 0 saturated carbocycles. The Kier molecular flexibility index (Phi) is 4.69. The SMILES string of the molecule is COc1cccc(N=C(N)SCc2nc3sc4c(c3c(=O)[nH]2)CCC4)c1. The molecule has 4 rings (SSSR count). The fourth-order valence-corrected chi connectivity index (χ4v) is 4.97. The maximum absolute atomic E-state index is 12.5. The van der Waals surface area contributed by atoms with Gasteiger partial charge in [0, 0.05) is 10.9 Å². The first-order valence-corrected chi connectivity index (χ1v) is 10.1. The highest BCUT2D eigenvalue weighted by atomic mass is 32.2. The number of H-pyrrole nitrogens is 1. The lowest BCUT2D eigenvalue weighted by Crippen LogP contribution is -2.13. The highest BCUT2D eigenvalue weighted by Crippen LogP contribution is 2.34. The van der Waals surface area contributed by atoms with Gasteiger partial charge in [-0.25, -0.2) is 9.98 Å². The molecule has 0 unspecified atom stereocenters. The summed E-state index contributed by atoms with van der Waals surface area (Å²) in [7, 11) is 1.61. The number of ether oxygens (including phenoxy) is 1. The fourth-order valence-electron chi connectivity index (χ4n) is 3.10. The maximum Gasteiger partial charge on any atom is 0.259 e. The molecule has 1 aliphatic rings. The highest BCUT2D eigenvalue weighted by Gasteiger charge is 2.21. The number of thiophene rings is 1. The molecule has 1 aliphatic carbocycles. The fraction of sp³-hybridized carbons (Fsp3) is 0.278. The predicted molar refractivity (Wildman–Crippen MR) is 108 cm³/mol. The Bertz CT molecular complexity index is 1060. The van der Waals surface area contributed by atoms with Crippen molar-refractivity contribution in [1.29, 1.82) is 0 Å². The van der Waals surface area contributed by atoms with Crippen LogP contribution in [0.4, 0.5) is 5.69 Å². The number of nitrogens with one attached hydrogen (secondary N) is 1. The van der Waals surface area contributed by atoms with Gasteiger partial charge in [0.25, 0.3) is 5.56 Å². The molecular weight excluding hydrogens is 368 g/mol. The number of methoxy groups -OCH3 is 1. The summed E-state index contributed by atoms with van der Waals surface area (Å²) in [6.07, 6.45) is 3.17. The number of aromatic nitrogens is 2. The number of amidine groups is 1. The minimum Gasteiger partial charge on any atom is -0.497 e. The average Bonchev–Trinajstić information content (AvgIpc) is 3.20. The lowest BCUT2D eigenvalue weighted by Gasteiger charge is -2.03. The van der Waals surface area contributed by atoms with Crippen LogP contribution in [0.25, 0.3) is 10.2 Å². The van der Waals surface area contributed by atoms with Crippen molar-refractivity contribution in [1.82, 2.24) is 9.97 Å². The van der Waals surface area contributed by atoms with E-state index in [1.165, 1.54) is 22.2 Å². The zero-order valence-corrected chi connectivity index (χ0v) is 15.9. The summed E-state index contributed by atoms with van der Waals surface area (Å²) in [6, 6.07) is 7.38. The van der Waals surface area contributed by atoms with Gasteiger partial charge in [0.2, 0.25) is 0 Å². The summed E-state index contributed by atoms with van der Waals surface area (Å²) in [6.45, 7) is 0. The van der Waals surface area contributed by atoms with Crippen LogP contribution in [0.3, 0.4) is 0 Å². The summed E-state index contributed by atoms with van der Waals surface area (Å²) in [5, 5.41) is 1.18. The van der Waals surface area contributed by atoms with E-state index in [9.17, 15) is 4.79 Å². The van der Waals surface area contributed by atoms with E-state index in [1.807, 2.05) is 24.3 Å². The quantitative estimate of drug-likeness (QED) is 0.530. The van der Waals surface area contributed by atoms with Crippen LogP contribution < -0.4 is 16.0 Å². The molecule has 0 fully saturated rings. The molecule has 6 nitrogen and oxygen atoms in total. The molecule has 0 bridgehead atoms. The maximum atomic E-state index is 12.5. The Morgan fingerprint density at radius 1 is 1.46 bits per heavy atom. The lowest BCUT2D eigenvalue weighted by atomic mass is 10.2. The lowest BCUT2D eigenvalue weighted by molar-refractivity contribution is 0.415. The van der Waals surface area contributed by atoms with Gasteiger partial charge in [-0.3, -0.25) is 4.79 Å². The van der Waals surface area contributed by atoms with Crippen LogP contribution in [0.15, 0.2) is 34.1 Å². The Hall–Kier alpha value is -2.32. The third-order valence-corrected chi connectivity index (χ3v) is 6.26. The first kappa shape index (κ1) is 17.1. The molecule has 2 aromatic heterocycles. The van der Waals surface area contributed by atoms with E-state index in [4.69, 9.17) is 10.5 Å². The number of benzene rings is 1. The largest absolute Gasteiger partial charge is 0.497 e. The van der Waals surface area contributed by atoms with Crippen LogP contribution >= 0.6 is 23.1 Å². The van der Waals surface area contributed by atoms with E-state index in [2.05, 4.69) is 15.0 Å². The van der Waals surface area contributed by atoms with Gasteiger partial charge < -0.3 is 15.5 Å². The molecule has 0 atom stereocenters. The Balaban J connectivity index is 1.52. The summed E-state index contributed by atoms with van der Waals surface area (Å²) in [5.74, 6) is 1.81. The van der Waals surface area contributed by atoms with Gasteiger partial charge in [-0.05, 0) is 37.0 Å². The molecule has 26 heavy (non-hydrogen) atoms. The van der Waals surface area contributed by atoms with Gasteiger partial charge in [-0.2, -0.15) is 0 Å². The number of hydrogen-bond acceptors (Lipinski definition) is 6. The summed E-state index contributed by atoms with van der Waals surface area (Å²) in [4.78, 5) is 26.5. The summed E-state index contributed by atoms with van der Waals surface area (Å²) in [5.41, 5.74) is 7.88. The molecule has 0 saturated heterocycles. The second-order valence-corrected chi connectivity index (χ2v) is 8.07. The van der Waals surface area contributed by atoms with Crippen LogP contribution in [0.1, 0.15) is 22.7 Å².